The van der Waals surface area contributed by atoms with Gasteiger partial charge in [0, 0.05) is 37.2 Å². The molecular formula is C18H19N3O3. The number of carbonyl (C=O) groups is 2. The maximum absolute atomic E-state index is 11.5. The van der Waals surface area contributed by atoms with Gasteiger partial charge in [0.05, 0.1) is 11.3 Å². The number of hydrogen-bond donors (Lipinski definition) is 1. The second-order valence-electron chi connectivity index (χ2n) is 6.09. The number of aryl methyl sites for hydroxylation is 1. The highest BCUT2D eigenvalue weighted by Crippen LogP contribution is 2.27. The fourth-order valence-corrected chi connectivity index (χ4v) is 2.96. The van der Waals surface area contributed by atoms with Gasteiger partial charge in [0.25, 0.3) is 0 Å². The van der Waals surface area contributed by atoms with Crippen LogP contribution in [-0.2, 0) is 4.79 Å². The molecule has 1 aromatic carbocycles. The van der Waals surface area contributed by atoms with Crippen molar-refractivity contribution in [2.45, 2.75) is 26.2 Å². The Kier molecular flexibility index (Phi) is 4.29. The first-order valence-corrected chi connectivity index (χ1v) is 7.89. The van der Waals surface area contributed by atoms with Crippen LogP contribution in [-0.4, -0.2) is 44.9 Å². The smallest absolute Gasteiger partial charge is 0.335 e. The van der Waals surface area contributed by atoms with Gasteiger partial charge in [0.1, 0.15) is 5.82 Å². The molecule has 1 atom stereocenters. The molecule has 0 saturated carbocycles. The Labute approximate surface area is 140 Å². The average Bonchev–Trinajstić information content (AvgIpc) is 3.05. The number of carbonyl (C=O) groups excluding carboxylic acids is 1. The fraction of sp³-hybridized carbons (Fsp3) is 0.333. The Morgan fingerprint density at radius 2 is 1.92 bits per heavy atom. The SMILES string of the molecule is CC(=O)N1CC[C@@H](c2nc(C)cc(-c3ccc(C(=O)O)cc3)n2)C1. The summed E-state index contributed by atoms with van der Waals surface area (Å²) in [5.74, 6) is 0.0212. The van der Waals surface area contributed by atoms with Gasteiger partial charge in [-0.2, -0.15) is 0 Å². The third-order valence-electron chi connectivity index (χ3n) is 4.30. The van der Waals surface area contributed by atoms with E-state index in [1.165, 1.54) is 0 Å². The molecule has 1 fully saturated rings. The molecule has 1 aliphatic rings. The second-order valence-corrected chi connectivity index (χ2v) is 6.09. The third-order valence-corrected chi connectivity index (χ3v) is 4.30. The molecule has 0 bridgehead atoms. The molecule has 6 heteroatoms. The largest absolute Gasteiger partial charge is 0.478 e. The van der Waals surface area contributed by atoms with E-state index in [0.29, 0.717) is 6.54 Å². The van der Waals surface area contributed by atoms with Gasteiger partial charge in [-0.25, -0.2) is 14.8 Å². The summed E-state index contributed by atoms with van der Waals surface area (Å²) in [7, 11) is 0. The van der Waals surface area contributed by atoms with Crippen molar-refractivity contribution in [3.8, 4) is 11.3 Å². The van der Waals surface area contributed by atoms with E-state index in [0.717, 1.165) is 35.7 Å². The molecule has 6 nitrogen and oxygen atoms in total. The minimum absolute atomic E-state index is 0.0784. The monoisotopic (exact) mass is 325 g/mol. The number of amides is 1. The zero-order chi connectivity index (χ0) is 17.3. The maximum Gasteiger partial charge on any atom is 0.335 e. The van der Waals surface area contributed by atoms with Crippen LogP contribution in [0.2, 0.25) is 0 Å². The van der Waals surface area contributed by atoms with E-state index in [4.69, 9.17) is 5.11 Å². The zero-order valence-corrected chi connectivity index (χ0v) is 13.7. The van der Waals surface area contributed by atoms with E-state index in [2.05, 4.69) is 9.97 Å². The Balaban J connectivity index is 1.89. The van der Waals surface area contributed by atoms with E-state index >= 15 is 0 Å². The van der Waals surface area contributed by atoms with Crippen LogP contribution < -0.4 is 0 Å². The molecule has 0 unspecified atom stereocenters. The molecule has 1 saturated heterocycles. The predicted octanol–water partition coefficient (Wildman–Crippen LogP) is 2.49. The van der Waals surface area contributed by atoms with E-state index < -0.39 is 5.97 Å². The van der Waals surface area contributed by atoms with Gasteiger partial charge in [-0.15, -0.1) is 0 Å². The van der Waals surface area contributed by atoms with Crippen LogP contribution in [0.1, 0.15) is 41.1 Å². The van der Waals surface area contributed by atoms with E-state index in [-0.39, 0.29) is 17.4 Å². The molecule has 124 valence electrons. The summed E-state index contributed by atoms with van der Waals surface area (Å²) >= 11 is 0. The number of nitrogens with zero attached hydrogens (tertiary/aromatic N) is 3. The van der Waals surface area contributed by atoms with Crippen molar-refractivity contribution in [1.82, 2.24) is 14.9 Å². The quantitative estimate of drug-likeness (QED) is 0.937. The zero-order valence-electron chi connectivity index (χ0n) is 13.7. The first-order valence-electron chi connectivity index (χ1n) is 7.89. The molecule has 1 N–H and O–H groups in total. The molecule has 3 rings (SSSR count). The standard InChI is InChI=1S/C18H19N3O3/c1-11-9-16(13-3-5-14(6-4-13)18(23)24)20-17(19-11)15-7-8-21(10-15)12(2)22/h3-6,9,15H,7-8,10H2,1-2H3,(H,23,24)/t15-/m1/s1. The molecule has 0 spiro atoms. The normalized spacial score (nSPS) is 17.1. The van der Waals surface area contributed by atoms with Crippen LogP contribution in [0.15, 0.2) is 30.3 Å². The minimum Gasteiger partial charge on any atom is -0.478 e. The number of likely N-dealkylation sites (tertiary alicyclic amines) is 1. The molecule has 0 aliphatic carbocycles. The van der Waals surface area contributed by atoms with Crippen LogP contribution in [0.25, 0.3) is 11.3 Å². The lowest BCUT2D eigenvalue weighted by molar-refractivity contribution is -0.127. The topological polar surface area (TPSA) is 83.4 Å². The Hall–Kier alpha value is -2.76. The van der Waals surface area contributed by atoms with Crippen LogP contribution in [0.4, 0.5) is 0 Å². The van der Waals surface area contributed by atoms with Gasteiger partial charge in [0.15, 0.2) is 0 Å². The molecule has 1 aliphatic heterocycles. The maximum atomic E-state index is 11.5. The minimum atomic E-state index is -0.948. The summed E-state index contributed by atoms with van der Waals surface area (Å²) in [6, 6.07) is 8.54. The second kappa shape index (κ2) is 6.39. The van der Waals surface area contributed by atoms with E-state index in [9.17, 15) is 9.59 Å². The number of aromatic nitrogens is 2. The lowest BCUT2D eigenvalue weighted by Crippen LogP contribution is -2.25. The average molecular weight is 325 g/mol. The lowest BCUT2D eigenvalue weighted by atomic mass is 10.1. The Bertz CT molecular complexity index is 787. The summed E-state index contributed by atoms with van der Waals surface area (Å²) in [4.78, 5) is 33.5. The number of hydrogen-bond acceptors (Lipinski definition) is 4. The van der Waals surface area contributed by atoms with Crippen LogP contribution >= 0.6 is 0 Å². The van der Waals surface area contributed by atoms with Crippen molar-refractivity contribution in [1.29, 1.82) is 0 Å². The Morgan fingerprint density at radius 1 is 1.21 bits per heavy atom. The van der Waals surface area contributed by atoms with Gasteiger partial charge < -0.3 is 10.0 Å². The molecule has 1 amide bonds. The highest BCUT2D eigenvalue weighted by molar-refractivity contribution is 5.88. The van der Waals surface area contributed by atoms with E-state index in [1.807, 2.05) is 17.9 Å². The highest BCUT2D eigenvalue weighted by Gasteiger charge is 2.27. The molecule has 0 radical (unpaired) electrons. The van der Waals surface area contributed by atoms with Crippen molar-refractivity contribution >= 4 is 11.9 Å². The van der Waals surface area contributed by atoms with Gasteiger partial charge in [0.2, 0.25) is 5.91 Å². The first kappa shape index (κ1) is 16.1. The summed E-state index contributed by atoms with van der Waals surface area (Å²) in [5.41, 5.74) is 2.74. The van der Waals surface area contributed by atoms with Crippen molar-refractivity contribution in [2.75, 3.05) is 13.1 Å². The summed E-state index contributed by atoms with van der Waals surface area (Å²) in [6.07, 6.45) is 0.862. The van der Waals surface area contributed by atoms with Gasteiger partial charge in [-0.05, 0) is 31.5 Å². The number of carboxylic acids is 1. The Morgan fingerprint density at radius 3 is 2.50 bits per heavy atom. The molecule has 1 aromatic heterocycles. The number of benzene rings is 1. The fourth-order valence-electron chi connectivity index (χ4n) is 2.96. The lowest BCUT2D eigenvalue weighted by Gasteiger charge is -2.14. The number of rotatable bonds is 3. The summed E-state index contributed by atoms with van der Waals surface area (Å²) in [5, 5.41) is 8.99. The molecule has 24 heavy (non-hydrogen) atoms. The predicted molar refractivity (Wildman–Crippen MR) is 88.8 cm³/mol. The highest BCUT2D eigenvalue weighted by atomic mass is 16.4. The summed E-state index contributed by atoms with van der Waals surface area (Å²) in [6.45, 7) is 4.88. The number of aromatic carboxylic acids is 1. The van der Waals surface area contributed by atoms with Crippen LogP contribution in [0, 0.1) is 6.92 Å². The molecular weight excluding hydrogens is 306 g/mol. The van der Waals surface area contributed by atoms with E-state index in [1.54, 1.807) is 31.2 Å². The first-order chi connectivity index (χ1) is 11.4. The third kappa shape index (κ3) is 3.27. The van der Waals surface area contributed by atoms with Crippen LogP contribution in [0.5, 0.6) is 0 Å². The van der Waals surface area contributed by atoms with Gasteiger partial charge in [-0.3, -0.25) is 4.79 Å². The van der Waals surface area contributed by atoms with Crippen molar-refractivity contribution in [2.24, 2.45) is 0 Å². The number of carboxylic acid groups (broad SMARTS) is 1. The molecule has 2 heterocycles. The molecule has 2 aromatic rings. The van der Waals surface area contributed by atoms with Crippen molar-refractivity contribution in [3.05, 3.63) is 47.4 Å². The van der Waals surface area contributed by atoms with Gasteiger partial charge in [-0.1, -0.05) is 12.1 Å². The van der Waals surface area contributed by atoms with Crippen molar-refractivity contribution < 1.29 is 14.7 Å². The van der Waals surface area contributed by atoms with Crippen molar-refractivity contribution in [3.63, 3.8) is 0 Å². The summed E-state index contributed by atoms with van der Waals surface area (Å²) < 4.78 is 0. The van der Waals surface area contributed by atoms with Crippen LogP contribution in [0.3, 0.4) is 0 Å². The van der Waals surface area contributed by atoms with Gasteiger partial charge >= 0.3 is 5.97 Å².